The molecule has 0 radical (unpaired) electrons. The van der Waals surface area contributed by atoms with Crippen LogP contribution in [0, 0.1) is 0 Å². The molecule has 3 aromatic rings. The Bertz CT molecular complexity index is 1260. The van der Waals surface area contributed by atoms with Gasteiger partial charge in [0.25, 0.3) is 11.8 Å². The largest absolute Gasteiger partial charge is 0.504 e. The van der Waals surface area contributed by atoms with E-state index >= 15 is 0 Å². The summed E-state index contributed by atoms with van der Waals surface area (Å²) < 4.78 is 5.78. The molecule has 2 amide bonds. The fourth-order valence-electron chi connectivity index (χ4n) is 3.05. The first-order valence-corrected chi connectivity index (χ1v) is 11.3. The van der Waals surface area contributed by atoms with Crippen LogP contribution in [0.15, 0.2) is 82.0 Å². The maximum atomic E-state index is 12.9. The Morgan fingerprint density at radius 2 is 1.74 bits per heavy atom. The average Bonchev–Trinajstić information content (AvgIpc) is 2.86. The van der Waals surface area contributed by atoms with E-state index in [1.54, 1.807) is 48.5 Å². The van der Waals surface area contributed by atoms with Gasteiger partial charge in [-0.25, -0.2) is 5.43 Å². The van der Waals surface area contributed by atoms with Crippen LogP contribution in [0.5, 0.6) is 11.5 Å². The van der Waals surface area contributed by atoms with E-state index in [0.717, 1.165) is 5.69 Å². The zero-order valence-electron chi connectivity index (χ0n) is 19.4. The summed E-state index contributed by atoms with van der Waals surface area (Å²) in [6.07, 6.45) is 2.84. The van der Waals surface area contributed by atoms with Gasteiger partial charge in [-0.15, -0.1) is 0 Å². The van der Waals surface area contributed by atoms with E-state index in [4.69, 9.17) is 4.74 Å². The van der Waals surface area contributed by atoms with Gasteiger partial charge in [0.15, 0.2) is 11.5 Å². The summed E-state index contributed by atoms with van der Waals surface area (Å²) in [6, 6.07) is 19.3. The summed E-state index contributed by atoms with van der Waals surface area (Å²) in [4.78, 5) is 27.6. The van der Waals surface area contributed by atoms with Gasteiger partial charge >= 0.3 is 0 Å². The van der Waals surface area contributed by atoms with E-state index in [-0.39, 0.29) is 17.2 Å². The number of benzene rings is 3. The van der Waals surface area contributed by atoms with Crippen LogP contribution in [0.25, 0.3) is 6.08 Å². The highest BCUT2D eigenvalue weighted by atomic mass is 79.9. The van der Waals surface area contributed by atoms with Crippen molar-refractivity contribution < 1.29 is 19.4 Å². The molecule has 3 N–H and O–H groups in total. The molecule has 0 aliphatic carbocycles. The predicted octanol–water partition coefficient (Wildman–Crippen LogP) is 4.15. The molecule has 0 aliphatic rings. The number of hydrazone groups is 1. The summed E-state index contributed by atoms with van der Waals surface area (Å²) in [6.45, 7) is 0. The molecular formula is C26H25BrN4O4. The second-order valence-corrected chi connectivity index (χ2v) is 8.52. The van der Waals surface area contributed by atoms with Crippen LogP contribution in [0.2, 0.25) is 0 Å². The SMILES string of the molecule is COc1cc(Br)cc(/C=N/NC(=O)/C(=C/c2ccc(N(C)C)cc2)NC(=O)c2ccccc2)c1O. The number of aromatic hydroxyl groups is 1. The third-order valence-electron chi connectivity index (χ3n) is 4.91. The number of hydrogen-bond acceptors (Lipinski definition) is 6. The summed E-state index contributed by atoms with van der Waals surface area (Å²) in [7, 11) is 5.29. The fourth-order valence-corrected chi connectivity index (χ4v) is 3.50. The van der Waals surface area contributed by atoms with Crippen molar-refractivity contribution in [3.8, 4) is 11.5 Å². The van der Waals surface area contributed by atoms with Crippen LogP contribution in [0.1, 0.15) is 21.5 Å². The molecule has 0 spiro atoms. The van der Waals surface area contributed by atoms with Crippen molar-refractivity contribution in [3.05, 3.63) is 93.6 Å². The number of carbonyl (C=O) groups excluding carboxylic acids is 2. The van der Waals surface area contributed by atoms with Crippen LogP contribution in [-0.4, -0.2) is 44.3 Å². The number of hydrogen-bond donors (Lipinski definition) is 3. The summed E-state index contributed by atoms with van der Waals surface area (Å²) in [5, 5.41) is 16.9. The average molecular weight is 537 g/mol. The lowest BCUT2D eigenvalue weighted by molar-refractivity contribution is -0.117. The lowest BCUT2D eigenvalue weighted by atomic mass is 10.1. The number of anilines is 1. The van der Waals surface area contributed by atoms with Gasteiger partial charge in [0.2, 0.25) is 0 Å². The molecule has 9 heteroatoms. The van der Waals surface area contributed by atoms with E-state index in [1.807, 2.05) is 43.3 Å². The number of nitrogens with one attached hydrogen (secondary N) is 2. The number of amides is 2. The Morgan fingerprint density at radius 3 is 2.37 bits per heavy atom. The lowest BCUT2D eigenvalue weighted by Crippen LogP contribution is -2.32. The van der Waals surface area contributed by atoms with E-state index in [2.05, 4.69) is 31.8 Å². The Morgan fingerprint density at radius 1 is 1.06 bits per heavy atom. The molecular weight excluding hydrogens is 512 g/mol. The van der Waals surface area contributed by atoms with Gasteiger partial charge in [-0.05, 0) is 48.0 Å². The van der Waals surface area contributed by atoms with Crippen molar-refractivity contribution in [3.63, 3.8) is 0 Å². The van der Waals surface area contributed by atoms with Gasteiger partial charge in [-0.2, -0.15) is 5.10 Å². The Balaban J connectivity index is 1.85. The minimum absolute atomic E-state index is 0.00431. The molecule has 35 heavy (non-hydrogen) atoms. The van der Waals surface area contributed by atoms with E-state index < -0.39 is 11.8 Å². The Labute approximate surface area is 212 Å². The molecule has 0 atom stereocenters. The van der Waals surface area contributed by atoms with Crippen molar-refractivity contribution in [1.82, 2.24) is 10.7 Å². The fraction of sp³-hybridized carbons (Fsp3) is 0.115. The van der Waals surface area contributed by atoms with Crippen molar-refractivity contribution in [1.29, 1.82) is 0 Å². The maximum Gasteiger partial charge on any atom is 0.287 e. The molecule has 0 saturated heterocycles. The quantitative estimate of drug-likeness (QED) is 0.228. The molecule has 0 aromatic heterocycles. The highest BCUT2D eigenvalue weighted by molar-refractivity contribution is 9.10. The van der Waals surface area contributed by atoms with Gasteiger partial charge in [-0.3, -0.25) is 9.59 Å². The van der Waals surface area contributed by atoms with Crippen LogP contribution in [0.4, 0.5) is 5.69 Å². The van der Waals surface area contributed by atoms with Crippen molar-refractivity contribution in [2.45, 2.75) is 0 Å². The minimum Gasteiger partial charge on any atom is -0.504 e. The normalized spacial score (nSPS) is 11.3. The Kier molecular flexibility index (Phi) is 8.63. The van der Waals surface area contributed by atoms with Crippen molar-refractivity contribution in [2.24, 2.45) is 5.10 Å². The Hall–Kier alpha value is -4.11. The van der Waals surface area contributed by atoms with Gasteiger partial charge in [-0.1, -0.05) is 46.3 Å². The van der Waals surface area contributed by atoms with Crippen molar-refractivity contribution in [2.75, 3.05) is 26.1 Å². The smallest absolute Gasteiger partial charge is 0.287 e. The van der Waals surface area contributed by atoms with Crippen LogP contribution >= 0.6 is 15.9 Å². The molecule has 0 bridgehead atoms. The molecule has 0 unspecified atom stereocenters. The van der Waals surface area contributed by atoms with Crippen molar-refractivity contribution >= 4 is 45.7 Å². The number of rotatable bonds is 8. The zero-order valence-corrected chi connectivity index (χ0v) is 21.0. The van der Waals surface area contributed by atoms with E-state index in [9.17, 15) is 14.7 Å². The molecule has 0 fully saturated rings. The molecule has 8 nitrogen and oxygen atoms in total. The van der Waals surface area contributed by atoms with Gasteiger partial charge in [0.05, 0.1) is 13.3 Å². The number of phenolic OH excluding ortho intramolecular Hbond substituents is 1. The number of methoxy groups -OCH3 is 1. The van der Waals surface area contributed by atoms with Gasteiger partial charge in [0.1, 0.15) is 5.70 Å². The summed E-state index contributed by atoms with van der Waals surface area (Å²) >= 11 is 3.33. The molecule has 0 heterocycles. The lowest BCUT2D eigenvalue weighted by Gasteiger charge is -2.13. The number of phenols is 1. The second-order valence-electron chi connectivity index (χ2n) is 7.61. The first-order valence-electron chi connectivity index (χ1n) is 10.5. The van der Waals surface area contributed by atoms with Crippen LogP contribution < -0.4 is 20.4 Å². The highest BCUT2D eigenvalue weighted by Gasteiger charge is 2.15. The third kappa shape index (κ3) is 6.94. The standard InChI is InChI=1S/C26H25BrN4O4/c1-31(2)21-11-9-17(10-12-21)13-22(29-25(33)18-7-5-4-6-8-18)26(34)30-28-16-19-14-20(27)15-23(35-3)24(19)32/h4-16,32H,1-3H3,(H,29,33)(H,30,34)/b22-13-,28-16+. The topological polar surface area (TPSA) is 103 Å². The predicted molar refractivity (Wildman–Crippen MR) is 141 cm³/mol. The highest BCUT2D eigenvalue weighted by Crippen LogP contribution is 2.32. The minimum atomic E-state index is -0.635. The number of carbonyl (C=O) groups is 2. The number of nitrogens with zero attached hydrogens (tertiary/aromatic N) is 2. The summed E-state index contributed by atoms with van der Waals surface area (Å²) in [5.74, 6) is -0.939. The van der Waals surface area contributed by atoms with Crippen LogP contribution in [0.3, 0.4) is 0 Å². The number of halogens is 1. The summed E-state index contributed by atoms with van der Waals surface area (Å²) in [5.41, 5.74) is 4.84. The van der Waals surface area contributed by atoms with Crippen LogP contribution in [-0.2, 0) is 4.79 Å². The number of ether oxygens (including phenoxy) is 1. The monoisotopic (exact) mass is 536 g/mol. The first-order chi connectivity index (χ1) is 16.8. The molecule has 3 rings (SSSR count). The van der Waals surface area contributed by atoms with E-state index in [1.165, 1.54) is 13.3 Å². The maximum absolute atomic E-state index is 12.9. The molecule has 0 aliphatic heterocycles. The molecule has 180 valence electrons. The third-order valence-corrected chi connectivity index (χ3v) is 5.37. The first kappa shape index (κ1) is 25.5. The van der Waals surface area contributed by atoms with E-state index in [0.29, 0.717) is 21.2 Å². The second kappa shape index (κ2) is 11.8. The zero-order chi connectivity index (χ0) is 25.4. The van der Waals surface area contributed by atoms with Gasteiger partial charge < -0.3 is 20.1 Å². The van der Waals surface area contributed by atoms with Gasteiger partial charge in [0, 0.05) is 35.4 Å². The molecule has 0 saturated carbocycles. The molecule has 3 aromatic carbocycles.